The molecule has 128 valence electrons. The minimum atomic E-state index is -4.59. The second-order valence-electron chi connectivity index (χ2n) is 4.89. The Morgan fingerprint density at radius 3 is 2.50 bits per heavy atom. The van der Waals surface area contributed by atoms with E-state index in [1.807, 2.05) is 0 Å². The molecule has 1 heterocycles. The molecule has 0 bridgehead atoms. The Labute approximate surface area is 144 Å². The van der Waals surface area contributed by atoms with E-state index in [-0.39, 0.29) is 6.54 Å². The minimum Gasteiger partial charge on any atom is -0.350 e. The highest BCUT2D eigenvalue weighted by molar-refractivity contribution is 6.35. The van der Waals surface area contributed by atoms with Crippen LogP contribution in [0.1, 0.15) is 11.1 Å². The number of carbonyl (C=O) groups excluding carboxylic acids is 1. The molecule has 0 radical (unpaired) electrons. The van der Waals surface area contributed by atoms with Gasteiger partial charge in [0.25, 0.3) is 5.56 Å². The number of amides is 1. The van der Waals surface area contributed by atoms with Gasteiger partial charge in [0.2, 0.25) is 5.91 Å². The van der Waals surface area contributed by atoms with E-state index in [9.17, 15) is 22.8 Å². The number of aromatic nitrogens is 1. The van der Waals surface area contributed by atoms with Gasteiger partial charge in [-0.05, 0) is 23.8 Å². The van der Waals surface area contributed by atoms with E-state index in [2.05, 4.69) is 5.32 Å². The predicted octanol–water partition coefficient (Wildman–Crippen LogP) is 3.49. The number of nitrogens with one attached hydrogen (secondary N) is 1. The summed E-state index contributed by atoms with van der Waals surface area (Å²) in [6.45, 7) is -0.476. The molecule has 0 saturated carbocycles. The Kier molecular flexibility index (Phi) is 5.56. The van der Waals surface area contributed by atoms with Crippen LogP contribution in [0.15, 0.2) is 41.3 Å². The molecule has 0 aliphatic carbocycles. The Bertz CT molecular complexity index is 819. The molecule has 1 N–H and O–H groups in total. The summed E-state index contributed by atoms with van der Waals surface area (Å²) in [6, 6.07) is 6.14. The third-order valence-corrected chi connectivity index (χ3v) is 3.70. The summed E-state index contributed by atoms with van der Waals surface area (Å²) in [5.74, 6) is -0.623. The Morgan fingerprint density at radius 1 is 1.17 bits per heavy atom. The van der Waals surface area contributed by atoms with Crippen molar-refractivity contribution in [1.29, 1.82) is 0 Å². The maximum atomic E-state index is 12.6. The van der Waals surface area contributed by atoms with E-state index in [1.165, 1.54) is 6.07 Å². The van der Waals surface area contributed by atoms with Crippen molar-refractivity contribution < 1.29 is 18.0 Å². The average molecular weight is 379 g/mol. The van der Waals surface area contributed by atoms with Crippen LogP contribution in [-0.2, 0) is 24.1 Å². The largest absolute Gasteiger partial charge is 0.417 e. The third-order valence-electron chi connectivity index (χ3n) is 3.12. The van der Waals surface area contributed by atoms with Crippen LogP contribution in [0.4, 0.5) is 13.2 Å². The maximum Gasteiger partial charge on any atom is 0.417 e. The summed E-state index contributed by atoms with van der Waals surface area (Å²) in [5.41, 5.74) is -1.12. The number of rotatable bonds is 4. The lowest BCUT2D eigenvalue weighted by Gasteiger charge is -2.11. The van der Waals surface area contributed by atoms with Crippen molar-refractivity contribution in [1.82, 2.24) is 9.88 Å². The topological polar surface area (TPSA) is 51.1 Å². The fourth-order valence-corrected chi connectivity index (χ4v) is 2.37. The second kappa shape index (κ2) is 7.27. The smallest absolute Gasteiger partial charge is 0.350 e. The molecule has 2 aromatic rings. The van der Waals surface area contributed by atoms with E-state index in [4.69, 9.17) is 23.2 Å². The fourth-order valence-electron chi connectivity index (χ4n) is 1.89. The number of hydrogen-bond donors (Lipinski definition) is 1. The van der Waals surface area contributed by atoms with Crippen LogP contribution >= 0.6 is 23.2 Å². The fraction of sp³-hybridized carbons (Fsp3) is 0.200. The van der Waals surface area contributed by atoms with E-state index < -0.39 is 29.8 Å². The highest BCUT2D eigenvalue weighted by Gasteiger charge is 2.31. The van der Waals surface area contributed by atoms with Crippen molar-refractivity contribution >= 4 is 29.1 Å². The van der Waals surface area contributed by atoms with Crippen LogP contribution in [0.3, 0.4) is 0 Å². The first-order valence-electron chi connectivity index (χ1n) is 6.65. The summed E-state index contributed by atoms with van der Waals surface area (Å²) in [4.78, 5) is 23.4. The van der Waals surface area contributed by atoms with Gasteiger partial charge in [-0.3, -0.25) is 9.59 Å². The first-order chi connectivity index (χ1) is 11.2. The SMILES string of the molecule is O=C(Cn1cc(C(F)(F)F)ccc1=O)NCc1ccc(Cl)cc1Cl. The molecule has 0 atom stereocenters. The lowest BCUT2D eigenvalue weighted by molar-refractivity contribution is -0.138. The predicted molar refractivity (Wildman–Crippen MR) is 84.0 cm³/mol. The zero-order valence-electron chi connectivity index (χ0n) is 12.0. The van der Waals surface area contributed by atoms with Crippen molar-refractivity contribution in [2.75, 3.05) is 0 Å². The zero-order chi connectivity index (χ0) is 17.9. The number of alkyl halides is 3. The van der Waals surface area contributed by atoms with Crippen LogP contribution in [0.2, 0.25) is 10.0 Å². The highest BCUT2D eigenvalue weighted by Crippen LogP contribution is 2.28. The monoisotopic (exact) mass is 378 g/mol. The standard InChI is InChI=1S/C15H11Cl2F3N2O2/c16-11-3-1-9(12(17)5-11)6-21-13(23)8-22-7-10(15(18,19)20)2-4-14(22)24/h1-5,7H,6,8H2,(H,21,23). The molecule has 1 amide bonds. The summed E-state index contributed by atoms with van der Waals surface area (Å²) < 4.78 is 38.6. The molecule has 2 rings (SSSR count). The van der Waals surface area contributed by atoms with Crippen molar-refractivity contribution in [2.24, 2.45) is 0 Å². The molecule has 0 aliphatic rings. The quantitative estimate of drug-likeness (QED) is 0.885. The van der Waals surface area contributed by atoms with Crippen LogP contribution in [-0.4, -0.2) is 10.5 Å². The number of carbonyl (C=O) groups is 1. The third kappa shape index (κ3) is 4.75. The van der Waals surface area contributed by atoms with Gasteiger partial charge in [-0.15, -0.1) is 0 Å². The molecule has 4 nitrogen and oxygen atoms in total. The van der Waals surface area contributed by atoms with Gasteiger partial charge in [-0.25, -0.2) is 0 Å². The molecule has 0 aliphatic heterocycles. The van der Waals surface area contributed by atoms with Gasteiger partial charge in [0, 0.05) is 28.9 Å². The van der Waals surface area contributed by atoms with E-state index in [0.29, 0.717) is 32.4 Å². The maximum absolute atomic E-state index is 12.6. The lowest BCUT2D eigenvalue weighted by Crippen LogP contribution is -2.32. The van der Waals surface area contributed by atoms with E-state index in [1.54, 1.807) is 12.1 Å². The average Bonchev–Trinajstić information content (AvgIpc) is 2.47. The Hall–Kier alpha value is -1.99. The van der Waals surface area contributed by atoms with Crippen molar-refractivity contribution in [3.63, 3.8) is 0 Å². The minimum absolute atomic E-state index is 0.0581. The van der Waals surface area contributed by atoms with Gasteiger partial charge < -0.3 is 9.88 Å². The van der Waals surface area contributed by atoms with Gasteiger partial charge in [-0.1, -0.05) is 29.3 Å². The summed E-state index contributed by atoms with van der Waals surface area (Å²) in [5, 5.41) is 3.27. The molecule has 0 unspecified atom stereocenters. The molecule has 0 saturated heterocycles. The van der Waals surface area contributed by atoms with Gasteiger partial charge >= 0.3 is 6.18 Å². The first kappa shape index (κ1) is 18.4. The summed E-state index contributed by atoms with van der Waals surface area (Å²) in [6.07, 6.45) is -3.99. The van der Waals surface area contributed by atoms with Crippen LogP contribution in [0.5, 0.6) is 0 Å². The van der Waals surface area contributed by atoms with Crippen molar-refractivity contribution in [3.8, 4) is 0 Å². The Balaban J connectivity index is 2.06. The van der Waals surface area contributed by atoms with Crippen LogP contribution in [0.25, 0.3) is 0 Å². The molecule has 9 heteroatoms. The summed E-state index contributed by atoms with van der Waals surface area (Å²) in [7, 11) is 0. The lowest BCUT2D eigenvalue weighted by atomic mass is 10.2. The first-order valence-corrected chi connectivity index (χ1v) is 7.41. The van der Waals surface area contributed by atoms with Gasteiger partial charge in [0.15, 0.2) is 0 Å². The Morgan fingerprint density at radius 2 is 1.88 bits per heavy atom. The number of halogens is 5. The molecule has 0 spiro atoms. The van der Waals surface area contributed by atoms with Crippen LogP contribution in [0, 0.1) is 0 Å². The van der Waals surface area contributed by atoms with Gasteiger partial charge in [0.1, 0.15) is 6.54 Å². The van der Waals surface area contributed by atoms with Crippen molar-refractivity contribution in [3.05, 3.63) is 68.1 Å². The number of hydrogen-bond acceptors (Lipinski definition) is 2. The molecule has 24 heavy (non-hydrogen) atoms. The van der Waals surface area contributed by atoms with Crippen molar-refractivity contribution in [2.45, 2.75) is 19.3 Å². The number of pyridine rings is 1. The van der Waals surface area contributed by atoms with E-state index >= 15 is 0 Å². The molecular weight excluding hydrogens is 368 g/mol. The molecule has 0 fully saturated rings. The molecule has 1 aromatic carbocycles. The molecular formula is C15H11Cl2F3N2O2. The second-order valence-corrected chi connectivity index (χ2v) is 5.74. The number of nitrogens with zero attached hydrogens (tertiary/aromatic N) is 1. The summed E-state index contributed by atoms with van der Waals surface area (Å²) >= 11 is 11.7. The highest BCUT2D eigenvalue weighted by atomic mass is 35.5. The van der Waals surface area contributed by atoms with Gasteiger partial charge in [-0.2, -0.15) is 13.2 Å². The van der Waals surface area contributed by atoms with Crippen LogP contribution < -0.4 is 10.9 Å². The van der Waals surface area contributed by atoms with E-state index in [0.717, 1.165) is 6.07 Å². The van der Waals surface area contributed by atoms with Gasteiger partial charge in [0.05, 0.1) is 5.56 Å². The normalized spacial score (nSPS) is 11.4. The molecule has 1 aromatic heterocycles. The number of benzene rings is 1. The zero-order valence-corrected chi connectivity index (χ0v) is 13.5.